The number of hydrogen-bond donors (Lipinski definition) is 14. The number of amides is 10. The molecule has 1 fully saturated rings. The van der Waals surface area contributed by atoms with E-state index in [-0.39, 0.29) is 69.2 Å². The van der Waals surface area contributed by atoms with Crippen molar-refractivity contribution in [1.82, 2.24) is 47.4 Å². The molecule has 0 aliphatic carbocycles. The summed E-state index contributed by atoms with van der Waals surface area (Å²) in [6, 6.07) is -3.38. The van der Waals surface area contributed by atoms with Gasteiger partial charge in [0.05, 0.1) is 26.3 Å². The van der Waals surface area contributed by atoms with E-state index in [2.05, 4.69) is 47.5 Å². The van der Waals surface area contributed by atoms with Gasteiger partial charge in [0.25, 0.3) is 5.91 Å². The van der Waals surface area contributed by atoms with Gasteiger partial charge in [-0.3, -0.25) is 57.7 Å². The highest BCUT2D eigenvalue weighted by atomic mass is 32.2. The number of hydrogen-bond acceptors (Lipinski definition) is 16. The lowest BCUT2D eigenvalue weighted by Crippen LogP contribution is -2.62. The fraction of sp³-hybridized carbons (Fsp3) is 0.600. The molecule has 18 N–H and O–H groups in total. The Morgan fingerprint density at radius 2 is 1.30 bits per heavy atom. The number of benzene rings is 1. The van der Waals surface area contributed by atoms with Gasteiger partial charge in [0.1, 0.15) is 42.3 Å². The van der Waals surface area contributed by atoms with Crippen LogP contribution < -0.4 is 65.5 Å². The zero-order chi connectivity index (χ0) is 54.8. The number of rotatable bonds is 32. The maximum Gasteiger partial charge on any atom is 0.250 e. The minimum atomic E-state index is -1.94. The molecule has 0 aromatic heterocycles. The minimum Gasteiger partial charge on any atom is -0.394 e. The molecule has 73 heavy (non-hydrogen) atoms. The van der Waals surface area contributed by atoms with Crippen LogP contribution in [-0.4, -0.2) is 186 Å². The largest absolute Gasteiger partial charge is 0.394 e. The third kappa shape index (κ3) is 21.8. The Morgan fingerprint density at radius 3 is 1.88 bits per heavy atom. The van der Waals surface area contributed by atoms with Crippen molar-refractivity contribution in [2.24, 2.45) is 33.8 Å². The number of aliphatic hydroxyl groups excluding tert-OH is 2. The van der Waals surface area contributed by atoms with Crippen LogP contribution in [0.2, 0.25) is 0 Å². The van der Waals surface area contributed by atoms with Crippen LogP contribution in [-0.2, 0) is 59.2 Å². The van der Waals surface area contributed by atoms with Crippen molar-refractivity contribution < 1.29 is 63.0 Å². The predicted molar refractivity (Wildman–Crippen MR) is 267 cm³/mol. The van der Waals surface area contributed by atoms with Crippen LogP contribution in [0.15, 0.2) is 35.3 Å². The molecule has 1 aliphatic heterocycles. The zero-order valence-electron chi connectivity index (χ0n) is 41.5. The first-order chi connectivity index (χ1) is 34.6. The van der Waals surface area contributed by atoms with E-state index in [1.54, 1.807) is 36.6 Å². The first-order valence-corrected chi connectivity index (χ1v) is 24.9. The van der Waals surface area contributed by atoms with Gasteiger partial charge in [-0.2, -0.15) is 11.8 Å². The van der Waals surface area contributed by atoms with Crippen LogP contribution in [0.4, 0.5) is 0 Å². The third-order valence-corrected chi connectivity index (χ3v) is 11.8. The van der Waals surface area contributed by atoms with Crippen molar-refractivity contribution >= 4 is 82.6 Å². The van der Waals surface area contributed by atoms with Crippen LogP contribution in [0.25, 0.3) is 0 Å². The van der Waals surface area contributed by atoms with E-state index in [0.717, 1.165) is 11.8 Å². The van der Waals surface area contributed by atoms with Crippen LogP contribution in [0.5, 0.6) is 0 Å². The Bertz CT molecular complexity index is 2110. The van der Waals surface area contributed by atoms with Crippen LogP contribution in [0.3, 0.4) is 0 Å². The number of ketones is 1. The minimum absolute atomic E-state index is 0.00944. The SMILES string of the molecule is CSCC[C@H](NC(=O)[C@H](CO)NC(=O)CNC(=O)CN)C(=O)N[C@@H](C(C)=O)C(=O)N[C@@H](Cc1ccccc1)C(=O)N[C@@H](CO)C(=O)N1CCC[C@H]1C(=O)N[C@@H](CCCN=C(N)N)C(=O)N[C@@H](CC(C)C)C(N)=O. The summed E-state index contributed by atoms with van der Waals surface area (Å²) >= 11 is 1.29. The first-order valence-electron chi connectivity index (χ1n) is 23.6. The average Bonchev–Trinajstić information content (AvgIpc) is 3.85. The lowest BCUT2D eigenvalue weighted by Gasteiger charge is -2.30. The molecule has 28 heteroatoms. The Kier molecular flexibility index (Phi) is 27.5. The molecule has 10 amide bonds. The van der Waals surface area contributed by atoms with Crippen LogP contribution in [0.1, 0.15) is 64.9 Å². The lowest BCUT2D eigenvalue weighted by molar-refractivity contribution is -0.143. The molecule has 27 nitrogen and oxygen atoms in total. The molecule has 2 rings (SSSR count). The number of likely N-dealkylation sites (tertiary alicyclic amines) is 1. The highest BCUT2D eigenvalue weighted by Gasteiger charge is 2.40. The predicted octanol–water partition coefficient (Wildman–Crippen LogP) is -6.40. The van der Waals surface area contributed by atoms with Gasteiger partial charge in [-0.1, -0.05) is 44.2 Å². The number of Topliss-reactive ketones (excluding diaryl/α,β-unsaturated/α-hetero) is 1. The summed E-state index contributed by atoms with van der Waals surface area (Å²) < 4.78 is 0. The molecule has 1 aromatic carbocycles. The Morgan fingerprint density at radius 1 is 0.726 bits per heavy atom. The second-order valence-electron chi connectivity index (χ2n) is 17.5. The van der Waals surface area contributed by atoms with Gasteiger partial charge < -0.3 is 80.6 Å². The van der Waals surface area contributed by atoms with Crippen molar-refractivity contribution in [2.45, 2.75) is 114 Å². The number of thioether (sulfide) groups is 1. The van der Waals surface area contributed by atoms with E-state index in [1.165, 1.54) is 11.8 Å². The van der Waals surface area contributed by atoms with Gasteiger partial charge >= 0.3 is 0 Å². The smallest absolute Gasteiger partial charge is 0.250 e. The van der Waals surface area contributed by atoms with E-state index < -0.39 is 139 Å². The van der Waals surface area contributed by atoms with Gasteiger partial charge in [-0.05, 0) is 68.9 Å². The van der Waals surface area contributed by atoms with Gasteiger partial charge in [0.15, 0.2) is 17.8 Å². The summed E-state index contributed by atoms with van der Waals surface area (Å²) in [7, 11) is 0. The molecule has 1 heterocycles. The zero-order valence-corrected chi connectivity index (χ0v) is 42.3. The number of nitrogens with one attached hydrogen (secondary N) is 8. The van der Waals surface area contributed by atoms with E-state index in [1.807, 2.05) is 13.8 Å². The number of carbonyl (C=O) groups excluding carboxylic acids is 11. The number of aliphatic imine (C=N–C) groups is 1. The second-order valence-corrected chi connectivity index (χ2v) is 18.5. The second kappa shape index (κ2) is 32.2. The maximum atomic E-state index is 14.1. The topological polar surface area (TPSA) is 444 Å². The maximum absolute atomic E-state index is 14.1. The Hall–Kier alpha value is -6.91. The summed E-state index contributed by atoms with van der Waals surface area (Å²) in [5.74, 6) is -9.69. The summed E-state index contributed by atoms with van der Waals surface area (Å²) in [6.45, 7) is 1.90. The fourth-order valence-electron chi connectivity index (χ4n) is 7.37. The molecule has 8 atom stereocenters. The van der Waals surface area contributed by atoms with Crippen molar-refractivity contribution in [1.29, 1.82) is 0 Å². The third-order valence-electron chi connectivity index (χ3n) is 11.2. The summed E-state index contributed by atoms with van der Waals surface area (Å²) in [4.78, 5) is 150. The average molecular weight is 1050 g/mol. The Labute approximate surface area is 427 Å². The monoisotopic (exact) mass is 1050 g/mol. The number of primary amides is 1. The number of aliphatic hydroxyl groups is 2. The highest BCUT2D eigenvalue weighted by molar-refractivity contribution is 7.98. The molecule has 1 aliphatic rings. The molecule has 0 saturated carbocycles. The van der Waals surface area contributed by atoms with Gasteiger partial charge in [-0.25, -0.2) is 0 Å². The normalized spacial score (nSPS) is 15.9. The molecule has 0 radical (unpaired) electrons. The van der Waals surface area contributed by atoms with Crippen LogP contribution >= 0.6 is 11.8 Å². The molecule has 406 valence electrons. The summed E-state index contributed by atoms with van der Waals surface area (Å²) in [5.41, 5.74) is 22.1. The quantitative estimate of drug-likeness (QED) is 0.0138. The van der Waals surface area contributed by atoms with Gasteiger partial charge in [-0.15, -0.1) is 0 Å². The molecular formula is C45H72N14O13S. The van der Waals surface area contributed by atoms with Gasteiger partial charge in [0.2, 0.25) is 53.2 Å². The molecular weight excluding hydrogens is 977 g/mol. The first kappa shape index (κ1) is 62.2. The van der Waals surface area contributed by atoms with Crippen molar-refractivity contribution in [3.05, 3.63) is 35.9 Å². The summed E-state index contributed by atoms with van der Waals surface area (Å²) in [5, 5.41) is 39.6. The van der Waals surface area contributed by atoms with E-state index in [9.17, 15) is 63.0 Å². The molecule has 0 unspecified atom stereocenters. The number of guanidine groups is 1. The van der Waals surface area contributed by atoms with Crippen molar-refractivity contribution in [2.75, 3.05) is 51.4 Å². The number of nitrogens with zero attached hydrogens (tertiary/aromatic N) is 2. The summed E-state index contributed by atoms with van der Waals surface area (Å²) in [6.07, 6.45) is 2.34. The number of nitrogens with two attached hydrogens (primary N) is 4. The molecule has 0 spiro atoms. The van der Waals surface area contributed by atoms with Crippen molar-refractivity contribution in [3.63, 3.8) is 0 Å². The highest BCUT2D eigenvalue weighted by Crippen LogP contribution is 2.20. The van der Waals surface area contributed by atoms with Crippen LogP contribution in [0, 0.1) is 5.92 Å². The molecule has 0 bridgehead atoms. The van der Waals surface area contributed by atoms with Gasteiger partial charge in [0, 0.05) is 19.5 Å². The molecule has 1 saturated heterocycles. The fourth-order valence-corrected chi connectivity index (χ4v) is 7.84. The Balaban J connectivity index is 2.34. The molecule has 1 aromatic rings. The van der Waals surface area contributed by atoms with Crippen molar-refractivity contribution in [3.8, 4) is 0 Å². The van der Waals surface area contributed by atoms with E-state index >= 15 is 0 Å². The lowest BCUT2D eigenvalue weighted by atomic mass is 10.0. The van der Waals surface area contributed by atoms with E-state index in [0.29, 0.717) is 12.0 Å². The van der Waals surface area contributed by atoms with E-state index in [4.69, 9.17) is 22.9 Å². The number of carbonyl (C=O) groups is 11. The standard InChI is InChI=1S/C45H72N14O13S/c1-24(2)18-29(37(47)65)55-38(66)27(12-8-15-50-45(48)49)54-42(70)33-13-9-16-59(33)44(72)32(23-61)57-40(68)30(19-26-10-6-5-7-11-26)56-43(71)36(25(3)62)58-39(67)28(14-17-73-4)53-41(69)31(22-60)52-35(64)21-51-34(63)20-46/h5-7,10-11,24,27-33,36,60-61H,8-9,12-23,46H2,1-4H3,(H2,47,65)(H,51,63)(H,52,64)(H,53,69)(H,54,70)(H,55,66)(H,56,71)(H,57,68)(H,58,67)(H4,48,49,50)/t27-,28-,29-,30-,31-,32-,33-,36-/m0/s1.